The van der Waals surface area contributed by atoms with E-state index in [1.807, 2.05) is 0 Å². The van der Waals surface area contributed by atoms with E-state index < -0.39 is 17.9 Å². The quantitative estimate of drug-likeness (QED) is 0.100. The van der Waals surface area contributed by atoms with Crippen LogP contribution < -0.4 is 58.0 Å². The molecule has 1 aliphatic rings. The van der Waals surface area contributed by atoms with Crippen LogP contribution in [0.5, 0.6) is 51.7 Å². The fraction of sp³-hybridized carbons (Fsp3) is 0.333. The second-order valence-electron chi connectivity index (χ2n) is 17.1. The van der Waals surface area contributed by atoms with Crippen molar-refractivity contribution in [2.75, 3.05) is 103 Å². The summed E-state index contributed by atoms with van der Waals surface area (Å²) in [6, 6.07) is 19.5. The monoisotopic (exact) mass is 1190 g/mol. The third-order valence-corrected chi connectivity index (χ3v) is 12.6. The number of nitrogens with zero attached hydrogens (tertiary/aromatic N) is 6. The first kappa shape index (κ1) is 58.1. The van der Waals surface area contributed by atoms with Crippen LogP contribution in [0.2, 0.25) is 0 Å². The number of aromatic carboxylic acids is 3. The maximum absolute atomic E-state index is 12.6. The SMILES string of the molecule is COc1cc(OC)c(-c2cc(CN3CCN(Cc4cc(-c5c(OC)cc(OC)cc5OC)cc(C(=O)[O-])n4)CCN(Cc4cc(-c5c(OC)cc(OC)cc5OC)cc(C(=O)[O-])n4)CC3)nc(C(=O)[O-])c2)c(OC)c1.[Dy+3]. The zero-order chi connectivity index (χ0) is 53.9. The molecule has 1 fully saturated rings. The minimum absolute atomic E-state index is 0. The van der Waals surface area contributed by atoms with E-state index in [9.17, 15) is 29.7 Å². The summed E-state index contributed by atoms with van der Waals surface area (Å²) < 4.78 is 50.7. The van der Waals surface area contributed by atoms with Crippen molar-refractivity contribution >= 4 is 17.9 Å². The smallest absolute Gasteiger partial charge is 0.543 e. The molecular formula is C54H57DyN6O15. The number of rotatable bonds is 21. The number of hydrogen-bond acceptors (Lipinski definition) is 21. The van der Waals surface area contributed by atoms with Gasteiger partial charge in [-0.2, -0.15) is 0 Å². The number of benzene rings is 3. The van der Waals surface area contributed by atoms with Crippen molar-refractivity contribution in [3.05, 3.63) is 107 Å². The van der Waals surface area contributed by atoms with Crippen LogP contribution >= 0.6 is 0 Å². The van der Waals surface area contributed by atoms with Crippen LogP contribution in [-0.2, 0) is 19.6 Å². The second-order valence-corrected chi connectivity index (χ2v) is 17.1. The van der Waals surface area contributed by atoms with Crippen molar-refractivity contribution in [1.29, 1.82) is 0 Å². The molecule has 1 aliphatic heterocycles. The Bertz CT molecular complexity index is 2660. The van der Waals surface area contributed by atoms with Gasteiger partial charge in [-0.3, -0.25) is 29.7 Å². The van der Waals surface area contributed by atoms with Crippen LogP contribution in [0, 0.1) is 38.2 Å². The zero-order valence-electron chi connectivity index (χ0n) is 43.4. The summed E-state index contributed by atoms with van der Waals surface area (Å²) in [7, 11) is 13.4. The molecule has 0 N–H and O–H groups in total. The summed E-state index contributed by atoms with van der Waals surface area (Å²) in [4.78, 5) is 57.6. The maximum Gasteiger partial charge on any atom is 3.00 e. The number of carboxylic acid groups (broad SMARTS) is 3. The molecule has 0 amide bonds. The second kappa shape index (κ2) is 26.6. The zero-order valence-corrected chi connectivity index (χ0v) is 45.4. The Morgan fingerprint density at radius 2 is 0.579 bits per heavy atom. The van der Waals surface area contributed by atoms with Gasteiger partial charge in [-0.05, 0) is 53.1 Å². The molecule has 403 valence electrons. The Labute approximate surface area is 470 Å². The first-order chi connectivity index (χ1) is 36.1. The minimum Gasteiger partial charge on any atom is -0.543 e. The number of pyridine rings is 3. The summed E-state index contributed by atoms with van der Waals surface area (Å²) in [5.41, 5.74) is 3.02. The van der Waals surface area contributed by atoms with E-state index in [4.69, 9.17) is 42.6 Å². The molecule has 76 heavy (non-hydrogen) atoms. The van der Waals surface area contributed by atoms with Crippen molar-refractivity contribution in [2.24, 2.45) is 0 Å². The summed E-state index contributed by atoms with van der Waals surface area (Å²) in [6.45, 7) is 3.00. The number of methoxy groups -OCH3 is 9. The van der Waals surface area contributed by atoms with Crippen molar-refractivity contribution in [3.63, 3.8) is 0 Å². The normalized spacial score (nSPS) is 13.2. The predicted molar refractivity (Wildman–Crippen MR) is 267 cm³/mol. The van der Waals surface area contributed by atoms with Gasteiger partial charge < -0.3 is 72.3 Å². The molecule has 1 radical (unpaired) electrons. The molecule has 0 atom stereocenters. The molecule has 21 nitrogen and oxygen atoms in total. The van der Waals surface area contributed by atoms with E-state index in [1.165, 1.54) is 82.2 Å². The van der Waals surface area contributed by atoms with E-state index in [2.05, 4.69) is 29.7 Å². The average molecular weight is 1190 g/mol. The van der Waals surface area contributed by atoms with E-state index >= 15 is 0 Å². The Morgan fingerprint density at radius 1 is 0.368 bits per heavy atom. The molecule has 4 heterocycles. The third kappa shape index (κ3) is 13.6. The number of ether oxygens (including phenoxy) is 9. The van der Waals surface area contributed by atoms with Crippen LogP contribution in [0.1, 0.15) is 48.5 Å². The molecule has 0 unspecified atom stereocenters. The molecule has 0 bridgehead atoms. The van der Waals surface area contributed by atoms with Crippen molar-refractivity contribution in [2.45, 2.75) is 19.6 Å². The van der Waals surface area contributed by atoms with E-state index in [0.717, 1.165) is 0 Å². The van der Waals surface area contributed by atoms with E-state index in [0.29, 0.717) is 141 Å². The van der Waals surface area contributed by atoms with E-state index in [1.54, 1.807) is 54.6 Å². The molecule has 0 aliphatic carbocycles. The molecule has 7 rings (SSSR count). The van der Waals surface area contributed by atoms with Gasteiger partial charge in [-0.15, -0.1) is 0 Å². The van der Waals surface area contributed by atoms with Gasteiger partial charge in [0, 0.05) is 95.3 Å². The number of carboxylic acids is 3. The molecule has 3 aromatic heterocycles. The number of carbonyl (C=O) groups excluding carboxylic acids is 3. The first-order valence-corrected chi connectivity index (χ1v) is 23.4. The van der Waals surface area contributed by atoms with Gasteiger partial charge >= 0.3 is 38.2 Å². The number of aromatic nitrogens is 3. The average Bonchev–Trinajstić information content (AvgIpc) is 3.51. The van der Waals surface area contributed by atoms with Gasteiger partial charge in [0.15, 0.2) is 0 Å². The van der Waals surface area contributed by atoms with Crippen molar-refractivity contribution < 1.29 is 111 Å². The molecule has 3 aromatic carbocycles. The van der Waals surface area contributed by atoms with Crippen LogP contribution in [0.15, 0.2) is 72.8 Å². The maximum atomic E-state index is 12.6. The van der Waals surface area contributed by atoms with Gasteiger partial charge in [0.2, 0.25) is 0 Å². The Hall–Kier alpha value is -7.13. The fourth-order valence-electron chi connectivity index (χ4n) is 8.97. The van der Waals surface area contributed by atoms with Gasteiger partial charge in [0.25, 0.3) is 0 Å². The van der Waals surface area contributed by atoms with Crippen LogP contribution in [0.4, 0.5) is 0 Å². The summed E-state index contributed by atoms with van der Waals surface area (Å²) in [5, 5.41) is 37.7. The molecule has 0 spiro atoms. The van der Waals surface area contributed by atoms with Crippen LogP contribution in [0.3, 0.4) is 0 Å². The molecular weight excluding hydrogens is 1140 g/mol. The number of carbonyl (C=O) groups is 3. The topological polar surface area (TPSA) is 252 Å². The Morgan fingerprint density at radius 3 is 0.750 bits per heavy atom. The third-order valence-electron chi connectivity index (χ3n) is 12.6. The van der Waals surface area contributed by atoms with Gasteiger partial charge in [0.05, 0.1) is 133 Å². The Kier molecular flexibility index (Phi) is 20.3. The van der Waals surface area contributed by atoms with Crippen LogP contribution in [-0.4, -0.2) is 151 Å². The fourth-order valence-corrected chi connectivity index (χ4v) is 8.97. The molecule has 0 saturated carbocycles. The molecule has 6 aromatic rings. The van der Waals surface area contributed by atoms with Crippen LogP contribution in [0.25, 0.3) is 33.4 Å². The van der Waals surface area contributed by atoms with E-state index in [-0.39, 0.29) is 74.9 Å². The minimum atomic E-state index is -1.49. The van der Waals surface area contributed by atoms with Gasteiger partial charge in [-0.1, -0.05) is 0 Å². The van der Waals surface area contributed by atoms with Crippen molar-refractivity contribution in [3.8, 4) is 85.1 Å². The molecule has 1 saturated heterocycles. The number of hydrogen-bond donors (Lipinski definition) is 0. The first-order valence-electron chi connectivity index (χ1n) is 23.4. The standard InChI is InChI=1S/C54H60N6O15.Dy/c1-67-37-22-43(70-4)49(44(23-37)71-5)31-16-34(55-40(19-31)52(61)62)28-58-10-12-59(29-35-17-32(20-41(56-35)53(63)64)50-45(72-6)24-38(68-2)25-46(50)73-7)14-15-60(13-11-58)30-36-18-33(21-42(57-36)54(65)66)51-47(74-8)26-39(69-3)27-48(51)75-9;/h16-27H,10-15,28-30H2,1-9H3,(H,61,62)(H,63,64)(H,65,66);/q;+3/p-3. The Balaban J connectivity index is 0.00000937. The van der Waals surface area contributed by atoms with Crippen molar-refractivity contribution in [1.82, 2.24) is 29.7 Å². The molecule has 22 heteroatoms. The summed E-state index contributed by atoms with van der Waals surface area (Å²) >= 11 is 0. The van der Waals surface area contributed by atoms with Gasteiger partial charge in [0.1, 0.15) is 51.7 Å². The summed E-state index contributed by atoms with van der Waals surface area (Å²) in [5.74, 6) is -0.867. The largest absolute Gasteiger partial charge is 3.00 e. The predicted octanol–water partition coefficient (Wildman–Crippen LogP) is 2.86. The summed E-state index contributed by atoms with van der Waals surface area (Å²) in [6.07, 6.45) is 0. The van der Waals surface area contributed by atoms with Gasteiger partial charge in [-0.25, -0.2) is 0 Å².